The second-order valence-corrected chi connectivity index (χ2v) is 0. The number of hydrogen-bond donors (Lipinski definition) is 2. The fraction of sp³-hybridized carbons (Fsp3) is 1.00. The molecule has 0 aromatic heterocycles. The predicted molar refractivity (Wildman–Crippen MR) is 19.8 cm³/mol. The molecule has 0 atom stereocenters. The normalized spacial score (nSPS) is 1.20. The van der Waals surface area contributed by atoms with Gasteiger partial charge in [-0.25, -0.2) is 0 Å². The Morgan fingerprint density at radius 3 is 1.00 bits per heavy atom. The van der Waals surface area contributed by atoms with Gasteiger partial charge in [0.1, 0.15) is 0 Å². The molecule has 0 aliphatic heterocycles. The maximum atomic E-state index is 8.25. The summed E-state index contributed by atoms with van der Waals surface area (Å²) in [5, 5.41) is 8.25. The van der Waals surface area contributed by atoms with E-state index in [1.54, 1.807) is 0 Å². The molecule has 0 heterocycles. The van der Waals surface area contributed by atoms with Crippen LogP contribution in [0.2, 0.25) is 0 Å². The summed E-state index contributed by atoms with van der Waals surface area (Å²) >= 11 is 0. The summed E-state index contributed by atoms with van der Waals surface area (Å²) in [5.41, 5.74) is 0. The van der Waals surface area contributed by atoms with Gasteiger partial charge in [0.25, 0.3) is 0 Å². The lowest BCUT2D eigenvalue weighted by atomic mass is 11.8. The first-order valence-electron chi connectivity index (χ1n) is 0.408. The molecule has 4 heteroatoms. The first kappa shape index (κ1) is 101. The Morgan fingerprint density at radius 1 is 1.00 bits per heavy atom. The van der Waals surface area contributed by atoms with E-state index in [1.165, 1.54) is 0 Å². The summed E-state index contributed by atoms with van der Waals surface area (Å²) in [6, 6.07) is 0. The van der Waals surface area contributed by atoms with Gasteiger partial charge < -0.3 is 22.9 Å². The fourth-order valence-electron chi connectivity index (χ4n) is 0. The quantitative estimate of drug-likeness (QED) is 0.412. The number of rotatable bonds is 0. The van der Waals surface area contributed by atoms with Crippen molar-refractivity contribution >= 4 is 0 Å². The molecular formula is CH12N2O2. The third-order valence-electron chi connectivity index (χ3n) is 0. The largest absolute Gasteiger partial charge is 0.870 e. The minimum absolute atomic E-state index is 0. The molecule has 0 unspecified atom stereocenters. The zero-order valence-electron chi connectivity index (χ0n) is 3.86. The van der Waals surface area contributed by atoms with Gasteiger partial charge in [0, 0.05) is 0 Å². The Balaban J connectivity index is -0.00000000167. The maximum Gasteiger partial charge on any atom is -0.153 e. The Bertz CT molecular complexity index is 7.61. The Labute approximate surface area is 31.3 Å². The first-order chi connectivity index (χ1) is 1.00. The summed E-state index contributed by atoms with van der Waals surface area (Å²) in [5.74, 6) is 0. The molecular weight excluding hydrogens is 72.0 g/mol. The summed E-state index contributed by atoms with van der Waals surface area (Å²) in [6.07, 6.45) is 0. The maximum absolute atomic E-state index is 8.25. The van der Waals surface area contributed by atoms with Crippen LogP contribution in [0.25, 0.3) is 0 Å². The van der Waals surface area contributed by atoms with Crippen LogP contribution in [0.15, 0.2) is 0 Å². The highest BCUT2D eigenvalue weighted by Crippen LogP contribution is 0.419. The van der Waals surface area contributed by atoms with E-state index in [1.807, 2.05) is 0 Å². The molecule has 0 saturated heterocycles. The van der Waals surface area contributed by atoms with Crippen molar-refractivity contribution in [2.45, 2.75) is 0 Å². The lowest BCUT2D eigenvalue weighted by Gasteiger charge is -1.57. The lowest BCUT2D eigenvalue weighted by Crippen LogP contribution is -1.81. The van der Waals surface area contributed by atoms with Gasteiger partial charge in [-0.3, -0.25) is 0 Å². The van der Waals surface area contributed by atoms with Crippen LogP contribution in [0.5, 0.6) is 0 Å². The molecule has 0 aliphatic carbocycles. The molecule has 5 heavy (non-hydrogen) atoms. The number of hydrogen-bond acceptors (Lipinski definition) is 2. The molecule has 0 aliphatic rings. The van der Waals surface area contributed by atoms with E-state index >= 15 is 0 Å². The Morgan fingerprint density at radius 2 is 1.00 bits per heavy atom. The third-order valence-corrected chi connectivity index (χ3v) is 0. The molecule has 4 nitrogen and oxygen atoms in total. The first-order valence-corrected chi connectivity index (χ1v) is 0.408. The Hall–Kier alpha value is -0.160. The van der Waals surface area contributed by atoms with Crippen molar-refractivity contribution in [2.75, 3.05) is 7.11 Å². The van der Waals surface area contributed by atoms with Gasteiger partial charge in [-0.2, -0.15) is 7.11 Å². The van der Waals surface area contributed by atoms with E-state index in [2.05, 4.69) is 0 Å². The van der Waals surface area contributed by atoms with Gasteiger partial charge in [-0.05, 0) is 0 Å². The van der Waals surface area contributed by atoms with E-state index in [9.17, 15) is 0 Å². The van der Waals surface area contributed by atoms with Crippen molar-refractivity contribution in [2.24, 2.45) is 0 Å². The van der Waals surface area contributed by atoms with Crippen LogP contribution in [0.1, 0.15) is 0 Å². The van der Waals surface area contributed by atoms with E-state index in [-0.39, 0.29) is 17.8 Å². The molecule has 0 aromatic rings. The highest BCUT2D eigenvalue weighted by molar-refractivity contribution is 3.08. The van der Waals surface area contributed by atoms with Gasteiger partial charge in [0.15, 0.2) is 0 Å². The minimum Gasteiger partial charge on any atom is -0.870 e. The highest BCUT2D eigenvalue weighted by Gasteiger charge is 0.555. The van der Waals surface area contributed by atoms with Crippen LogP contribution in [-0.2, 0) is 0 Å². The summed E-state index contributed by atoms with van der Waals surface area (Å²) in [4.78, 5) is 0. The van der Waals surface area contributed by atoms with Crippen LogP contribution in [0.4, 0.5) is 0 Å². The van der Waals surface area contributed by atoms with E-state index in [4.69, 9.17) is 5.11 Å². The predicted octanol–water partition coefficient (Wildman–Crippen LogP) is -0.448. The lowest BCUT2D eigenvalue weighted by molar-refractivity contribution is -0.325. The average Bonchev–Trinajstić information content (AvgIpc) is 1.00. The van der Waals surface area contributed by atoms with Gasteiger partial charge in [0.2, 0.25) is 0 Å². The third kappa shape index (κ3) is 508. The monoisotopic (exact) mass is 84.1 g/mol. The smallest absolute Gasteiger partial charge is 0.153 e. The van der Waals surface area contributed by atoms with Crippen molar-refractivity contribution in [3.8, 4) is 0 Å². The fourth-order valence-corrected chi connectivity index (χ4v) is 0. The zero-order chi connectivity index (χ0) is 2.00. The summed E-state index contributed by atoms with van der Waals surface area (Å²) in [7, 11) is 0.750. The van der Waals surface area contributed by atoms with Crippen molar-refractivity contribution in [1.29, 1.82) is 0 Å². The van der Waals surface area contributed by atoms with Crippen LogP contribution in [-0.4, -0.2) is 12.6 Å². The second kappa shape index (κ2) is 1210. The van der Waals surface area contributed by atoms with E-state index in [0.717, 1.165) is 7.11 Å². The standard InChI is InChI=1S/CH3O.2H3N.H2O/c1-2;;;/h1H3;2*1H3;1H2/q-1;;;/p+1. The molecule has 0 spiro atoms. The van der Waals surface area contributed by atoms with Gasteiger partial charge in [0.05, 0.1) is 0 Å². The van der Waals surface area contributed by atoms with Crippen LogP contribution in [0, 0.1) is 0 Å². The second-order valence-electron chi connectivity index (χ2n) is 0. The van der Waals surface area contributed by atoms with Crippen LogP contribution in [0.3, 0.4) is 0 Å². The molecule has 0 rings (SSSR count). The van der Waals surface area contributed by atoms with Crippen molar-refractivity contribution in [1.82, 2.24) is 12.3 Å². The number of quaternary nitrogens is 2. The van der Waals surface area contributed by atoms with Crippen molar-refractivity contribution in [3.63, 3.8) is 0 Å². The van der Waals surface area contributed by atoms with Crippen molar-refractivity contribution in [3.05, 3.63) is 0 Å². The SMILES string of the molecule is C[O-].[NH4+].[NH4+].[OH-]. The van der Waals surface area contributed by atoms with Gasteiger partial charge >= 0.3 is 0 Å². The molecule has 9 N–H and O–H groups in total. The van der Waals surface area contributed by atoms with Crippen LogP contribution >= 0.6 is 0 Å². The van der Waals surface area contributed by atoms with Crippen molar-refractivity contribution < 1.29 is 10.6 Å². The van der Waals surface area contributed by atoms with Gasteiger partial charge in [-0.15, -0.1) is 0 Å². The summed E-state index contributed by atoms with van der Waals surface area (Å²) < 4.78 is 0. The highest BCUT2D eigenvalue weighted by atomic mass is 16.2. The molecule has 0 aromatic carbocycles. The van der Waals surface area contributed by atoms with E-state index < -0.39 is 0 Å². The van der Waals surface area contributed by atoms with Crippen LogP contribution < -0.4 is 17.4 Å². The van der Waals surface area contributed by atoms with E-state index in [0.29, 0.717) is 0 Å². The molecule has 38 valence electrons. The molecule has 0 amide bonds. The molecule has 0 saturated carbocycles. The molecule has 0 bridgehead atoms. The molecule has 0 fully saturated rings. The molecule has 0 radical (unpaired) electrons. The topological polar surface area (TPSA) is 126 Å². The average molecular weight is 84.1 g/mol. The minimum atomic E-state index is 0. The zero-order valence-corrected chi connectivity index (χ0v) is 3.86. The Kier molecular flexibility index (Phi) is 24500. The summed E-state index contributed by atoms with van der Waals surface area (Å²) in [6.45, 7) is 0. The van der Waals surface area contributed by atoms with Gasteiger partial charge in [-0.1, -0.05) is 0 Å².